The largest absolute Gasteiger partial charge is 0.496 e. The molecule has 1 saturated heterocycles. The van der Waals surface area contributed by atoms with E-state index in [0.717, 1.165) is 18.2 Å². The maximum atomic E-state index is 13.3. The fraction of sp³-hybridized carbons (Fsp3) is 0.556. The van der Waals surface area contributed by atoms with Crippen molar-refractivity contribution in [2.45, 2.75) is 70.9 Å². The molecule has 1 aromatic heterocycles. The molecule has 36 heavy (non-hydrogen) atoms. The molecule has 2 fully saturated rings. The number of H-pyrrole nitrogens is 1. The summed E-state index contributed by atoms with van der Waals surface area (Å²) in [5, 5.41) is 16.8. The number of Topliss-reactive ketones (excluding diaryl/α,β-unsaturated/α-hetero) is 1. The van der Waals surface area contributed by atoms with Gasteiger partial charge in [-0.25, -0.2) is 0 Å². The van der Waals surface area contributed by atoms with E-state index in [9.17, 15) is 19.6 Å². The maximum Gasteiger partial charge on any atom is 0.224 e. The highest BCUT2D eigenvalue weighted by atomic mass is 35.5. The number of methoxy groups -OCH3 is 1. The first-order chi connectivity index (χ1) is 16.9. The minimum Gasteiger partial charge on any atom is -0.496 e. The lowest BCUT2D eigenvalue weighted by Crippen LogP contribution is -2.41. The molecule has 0 radical (unpaired) electrons. The lowest BCUT2D eigenvalue weighted by atomic mass is 9.81. The van der Waals surface area contributed by atoms with Crippen LogP contribution in [0.15, 0.2) is 18.2 Å². The summed E-state index contributed by atoms with van der Waals surface area (Å²) in [6.07, 6.45) is 3.37. The molecule has 0 unspecified atom stereocenters. The second kappa shape index (κ2) is 9.78. The van der Waals surface area contributed by atoms with Crippen LogP contribution in [0.1, 0.15) is 69.8 Å². The summed E-state index contributed by atoms with van der Waals surface area (Å²) >= 11 is 6.15. The van der Waals surface area contributed by atoms with Crippen LogP contribution in [-0.4, -0.2) is 41.3 Å². The van der Waals surface area contributed by atoms with Gasteiger partial charge in [-0.3, -0.25) is 14.4 Å². The van der Waals surface area contributed by atoms with Crippen LogP contribution in [0.25, 0.3) is 10.9 Å². The number of carbonyl (C=O) groups excluding carboxylic acids is 3. The molecule has 2 heterocycles. The summed E-state index contributed by atoms with van der Waals surface area (Å²) in [7, 11) is 1.54. The Morgan fingerprint density at radius 3 is 2.61 bits per heavy atom. The number of hydrogen-bond acceptors (Lipinski definition) is 5. The van der Waals surface area contributed by atoms with E-state index in [1.807, 2.05) is 20.8 Å². The Labute approximate surface area is 216 Å². The number of aromatic amines is 1. The van der Waals surface area contributed by atoms with Crippen molar-refractivity contribution in [3.63, 3.8) is 0 Å². The van der Waals surface area contributed by atoms with E-state index in [1.54, 1.807) is 18.2 Å². The first-order valence-corrected chi connectivity index (χ1v) is 12.7. The first-order valence-electron chi connectivity index (χ1n) is 12.3. The molecule has 192 valence electrons. The molecule has 2 aliphatic rings. The average Bonchev–Trinajstić information content (AvgIpc) is 3.27. The second-order valence-electron chi connectivity index (χ2n) is 11.4. The zero-order valence-corrected chi connectivity index (χ0v) is 21.9. The van der Waals surface area contributed by atoms with Gasteiger partial charge in [0, 0.05) is 34.2 Å². The van der Waals surface area contributed by atoms with Gasteiger partial charge in [0.25, 0.3) is 0 Å². The summed E-state index contributed by atoms with van der Waals surface area (Å²) in [5.74, 6) is -0.963. The number of ether oxygens (including phenoxy) is 1. The predicted octanol–water partition coefficient (Wildman–Crippen LogP) is 4.52. The van der Waals surface area contributed by atoms with Crippen LogP contribution >= 0.6 is 11.6 Å². The van der Waals surface area contributed by atoms with Gasteiger partial charge in [-0.1, -0.05) is 32.4 Å². The van der Waals surface area contributed by atoms with Crippen LogP contribution in [0.4, 0.5) is 0 Å². The van der Waals surface area contributed by atoms with Crippen LogP contribution in [0.2, 0.25) is 5.02 Å². The number of halogens is 1. The van der Waals surface area contributed by atoms with Crippen molar-refractivity contribution >= 4 is 40.1 Å². The topological polar surface area (TPSA) is 124 Å². The SMILES string of the molecule is COc1cc(Cl)cc2[nH]c(C(=O)C[C@@H](CC(C)(C)C)C(=O)N[C@H](C#N)C[C@@H]3CC4(CC4)NC3=O)cc12. The molecule has 4 rings (SSSR count). The van der Waals surface area contributed by atoms with Crippen molar-refractivity contribution in [3.05, 3.63) is 28.9 Å². The number of rotatable bonds is 9. The lowest BCUT2D eigenvalue weighted by Gasteiger charge is -2.26. The average molecular weight is 513 g/mol. The quantitative estimate of drug-likeness (QED) is 0.426. The number of ketones is 1. The van der Waals surface area contributed by atoms with Crippen LogP contribution in [0, 0.1) is 28.6 Å². The Morgan fingerprint density at radius 2 is 2.03 bits per heavy atom. The van der Waals surface area contributed by atoms with E-state index >= 15 is 0 Å². The van der Waals surface area contributed by atoms with Gasteiger partial charge >= 0.3 is 0 Å². The Hall–Kier alpha value is -3.05. The molecule has 9 heteroatoms. The van der Waals surface area contributed by atoms with E-state index in [2.05, 4.69) is 21.7 Å². The number of hydrogen-bond donors (Lipinski definition) is 3. The van der Waals surface area contributed by atoms with Gasteiger partial charge in [0.05, 0.1) is 24.4 Å². The number of amides is 2. The highest BCUT2D eigenvalue weighted by molar-refractivity contribution is 6.31. The van der Waals surface area contributed by atoms with Crippen LogP contribution in [0.3, 0.4) is 0 Å². The molecule has 1 aromatic carbocycles. The Morgan fingerprint density at radius 1 is 1.31 bits per heavy atom. The fourth-order valence-electron chi connectivity index (χ4n) is 5.19. The van der Waals surface area contributed by atoms with Crippen molar-refractivity contribution in [1.82, 2.24) is 15.6 Å². The van der Waals surface area contributed by atoms with Crippen LogP contribution < -0.4 is 15.4 Å². The van der Waals surface area contributed by atoms with Gasteiger partial charge in [0.15, 0.2) is 5.78 Å². The summed E-state index contributed by atoms with van der Waals surface area (Å²) in [6, 6.07) is 6.46. The zero-order chi connectivity index (χ0) is 26.3. The van der Waals surface area contributed by atoms with Crippen molar-refractivity contribution in [2.75, 3.05) is 7.11 Å². The van der Waals surface area contributed by atoms with E-state index in [1.165, 1.54) is 7.11 Å². The lowest BCUT2D eigenvalue weighted by molar-refractivity contribution is -0.127. The number of nitrogens with zero attached hydrogens (tertiary/aromatic N) is 1. The van der Waals surface area contributed by atoms with E-state index in [4.69, 9.17) is 16.3 Å². The highest BCUT2D eigenvalue weighted by Gasteiger charge is 2.52. The number of nitriles is 1. The molecule has 1 aliphatic heterocycles. The predicted molar refractivity (Wildman–Crippen MR) is 137 cm³/mol. The van der Waals surface area contributed by atoms with Crippen molar-refractivity contribution in [2.24, 2.45) is 17.3 Å². The number of fused-ring (bicyclic) bond motifs is 1. The number of nitrogens with one attached hydrogen (secondary N) is 3. The van der Waals surface area contributed by atoms with Crippen molar-refractivity contribution in [1.29, 1.82) is 5.26 Å². The summed E-state index contributed by atoms with van der Waals surface area (Å²) < 4.78 is 5.38. The standard InChI is InChI=1S/C27H33ClN4O4/c1-26(2,3)12-16(8-22(33)21-11-19-20(31-21)9-17(28)10-23(19)36-4)24(34)30-18(14-29)7-15-13-27(5-6-27)32-25(15)35/h9-11,15-16,18,31H,5-8,12-13H2,1-4H3,(H,30,34)(H,32,35)/t15-,16+,18+/m1/s1. The molecular formula is C27H33ClN4O4. The monoisotopic (exact) mass is 512 g/mol. The maximum absolute atomic E-state index is 13.3. The number of benzene rings is 1. The first kappa shape index (κ1) is 26.0. The summed E-state index contributed by atoms with van der Waals surface area (Å²) in [6.45, 7) is 6.02. The smallest absolute Gasteiger partial charge is 0.224 e. The van der Waals surface area contributed by atoms with Crippen molar-refractivity contribution in [3.8, 4) is 11.8 Å². The molecule has 0 bridgehead atoms. The van der Waals surface area contributed by atoms with E-state index < -0.39 is 12.0 Å². The van der Waals surface area contributed by atoms with Gasteiger partial charge in [-0.15, -0.1) is 0 Å². The molecule has 1 aliphatic carbocycles. The molecule has 3 atom stereocenters. The van der Waals surface area contributed by atoms with Gasteiger partial charge in [-0.2, -0.15) is 5.26 Å². The molecule has 1 saturated carbocycles. The van der Waals surface area contributed by atoms with Crippen LogP contribution in [-0.2, 0) is 9.59 Å². The Kier molecular flexibility index (Phi) is 7.07. The van der Waals surface area contributed by atoms with Gasteiger partial charge in [0.1, 0.15) is 11.8 Å². The fourth-order valence-corrected chi connectivity index (χ4v) is 5.40. The van der Waals surface area contributed by atoms with E-state index in [-0.39, 0.29) is 47.3 Å². The zero-order valence-electron chi connectivity index (χ0n) is 21.2. The van der Waals surface area contributed by atoms with Gasteiger partial charge in [-0.05, 0) is 55.7 Å². The highest BCUT2D eigenvalue weighted by Crippen LogP contribution is 2.46. The Bertz CT molecular complexity index is 1230. The molecular weight excluding hydrogens is 480 g/mol. The van der Waals surface area contributed by atoms with Gasteiger partial charge < -0.3 is 20.4 Å². The number of aromatic nitrogens is 1. The normalized spacial score (nSPS) is 20.0. The molecule has 1 spiro atoms. The minimum absolute atomic E-state index is 0.0167. The summed E-state index contributed by atoms with van der Waals surface area (Å²) in [5.41, 5.74) is 0.740. The third kappa shape index (κ3) is 5.84. The van der Waals surface area contributed by atoms with Crippen molar-refractivity contribution < 1.29 is 19.1 Å². The minimum atomic E-state index is -0.792. The summed E-state index contributed by atoms with van der Waals surface area (Å²) in [4.78, 5) is 42.0. The number of carbonyl (C=O) groups is 3. The molecule has 3 N–H and O–H groups in total. The second-order valence-corrected chi connectivity index (χ2v) is 11.9. The molecule has 2 aromatic rings. The molecule has 8 nitrogen and oxygen atoms in total. The van der Waals surface area contributed by atoms with E-state index in [0.29, 0.717) is 34.8 Å². The third-order valence-electron chi connectivity index (χ3n) is 7.09. The molecule has 2 amide bonds. The Balaban J connectivity index is 1.47. The van der Waals surface area contributed by atoms with Crippen LogP contribution in [0.5, 0.6) is 5.75 Å². The third-order valence-corrected chi connectivity index (χ3v) is 7.31. The van der Waals surface area contributed by atoms with Gasteiger partial charge in [0.2, 0.25) is 11.8 Å².